The van der Waals surface area contributed by atoms with Crippen molar-refractivity contribution in [3.63, 3.8) is 0 Å². The maximum atomic E-state index is 5.10. The van der Waals surface area contributed by atoms with E-state index in [9.17, 15) is 0 Å². The minimum Gasteiger partial charge on any atom is -0.357 e. The highest BCUT2D eigenvalue weighted by molar-refractivity contribution is 14.0. The standard InChI is InChI=1S/C15H27N5O.HI/c1-4-15(8-6-9-15)11-18-14(16-5-2)17-10-7-13-19-12(3)20-21-13;/h4-11H2,1-3H3,(H2,16,17,18);1H. The minimum atomic E-state index is 0. The molecule has 1 fully saturated rings. The molecule has 1 aromatic rings. The van der Waals surface area contributed by atoms with Crippen molar-refractivity contribution in [2.24, 2.45) is 10.4 Å². The molecule has 0 spiro atoms. The summed E-state index contributed by atoms with van der Waals surface area (Å²) in [5.74, 6) is 2.23. The third-order valence-electron chi connectivity index (χ3n) is 4.28. The van der Waals surface area contributed by atoms with Gasteiger partial charge in [-0.25, -0.2) is 0 Å². The zero-order valence-electron chi connectivity index (χ0n) is 13.8. The van der Waals surface area contributed by atoms with Crippen molar-refractivity contribution < 1.29 is 4.52 Å². The lowest BCUT2D eigenvalue weighted by atomic mass is 9.67. The van der Waals surface area contributed by atoms with Crippen LogP contribution in [-0.4, -0.2) is 35.7 Å². The van der Waals surface area contributed by atoms with Crippen LogP contribution in [0.2, 0.25) is 0 Å². The van der Waals surface area contributed by atoms with Crippen LogP contribution in [0.15, 0.2) is 9.52 Å². The third kappa shape index (κ3) is 5.40. The van der Waals surface area contributed by atoms with Crippen LogP contribution in [0.3, 0.4) is 0 Å². The second-order valence-corrected chi connectivity index (χ2v) is 5.81. The molecule has 1 saturated carbocycles. The minimum absolute atomic E-state index is 0. The topological polar surface area (TPSA) is 75.3 Å². The van der Waals surface area contributed by atoms with Crippen LogP contribution in [0, 0.1) is 12.3 Å². The van der Waals surface area contributed by atoms with Gasteiger partial charge in [-0.05, 0) is 38.5 Å². The molecule has 0 aliphatic heterocycles. The lowest BCUT2D eigenvalue weighted by molar-refractivity contribution is 0.139. The number of aliphatic imine (C=N–C) groups is 1. The van der Waals surface area contributed by atoms with E-state index in [2.05, 4.69) is 34.6 Å². The van der Waals surface area contributed by atoms with E-state index < -0.39 is 0 Å². The molecule has 1 aliphatic carbocycles. The normalized spacial score (nSPS) is 16.6. The Hall–Kier alpha value is -0.860. The van der Waals surface area contributed by atoms with Crippen molar-refractivity contribution >= 4 is 29.9 Å². The van der Waals surface area contributed by atoms with E-state index >= 15 is 0 Å². The van der Waals surface area contributed by atoms with E-state index in [1.165, 1.54) is 25.7 Å². The third-order valence-corrected chi connectivity index (χ3v) is 4.28. The predicted molar refractivity (Wildman–Crippen MR) is 98.7 cm³/mol. The first-order valence-corrected chi connectivity index (χ1v) is 7.99. The number of guanidine groups is 1. The van der Waals surface area contributed by atoms with Crippen LogP contribution in [0.4, 0.5) is 0 Å². The maximum Gasteiger partial charge on any atom is 0.228 e. The van der Waals surface area contributed by atoms with Gasteiger partial charge in [-0.15, -0.1) is 24.0 Å². The summed E-state index contributed by atoms with van der Waals surface area (Å²) in [7, 11) is 0. The van der Waals surface area contributed by atoms with Crippen LogP contribution < -0.4 is 10.6 Å². The van der Waals surface area contributed by atoms with Gasteiger partial charge >= 0.3 is 0 Å². The zero-order valence-corrected chi connectivity index (χ0v) is 16.1. The average molecular weight is 421 g/mol. The van der Waals surface area contributed by atoms with E-state index in [1.807, 2.05) is 6.92 Å². The predicted octanol–water partition coefficient (Wildman–Crippen LogP) is 2.67. The van der Waals surface area contributed by atoms with Gasteiger partial charge in [0.05, 0.1) is 0 Å². The molecule has 2 rings (SSSR count). The van der Waals surface area contributed by atoms with Crippen LogP contribution in [0.1, 0.15) is 51.2 Å². The second kappa shape index (κ2) is 9.32. The van der Waals surface area contributed by atoms with Crippen LogP contribution in [0.25, 0.3) is 0 Å². The molecule has 6 nitrogen and oxygen atoms in total. The zero-order chi connectivity index (χ0) is 15.1. The molecule has 0 unspecified atom stereocenters. The van der Waals surface area contributed by atoms with E-state index in [4.69, 9.17) is 9.52 Å². The number of aromatic nitrogens is 2. The fourth-order valence-electron chi connectivity index (χ4n) is 2.62. The molecule has 7 heteroatoms. The Morgan fingerprint density at radius 3 is 2.59 bits per heavy atom. The smallest absolute Gasteiger partial charge is 0.228 e. The Labute approximate surface area is 149 Å². The van der Waals surface area contributed by atoms with Crippen molar-refractivity contribution in [1.82, 2.24) is 20.8 Å². The number of aryl methyl sites for hydroxylation is 1. The number of hydrogen-bond acceptors (Lipinski definition) is 4. The van der Waals surface area contributed by atoms with Crippen molar-refractivity contribution in [2.45, 2.75) is 52.9 Å². The van der Waals surface area contributed by atoms with Crippen LogP contribution in [-0.2, 0) is 6.42 Å². The van der Waals surface area contributed by atoms with Crippen LogP contribution in [0.5, 0.6) is 0 Å². The average Bonchev–Trinajstić information content (AvgIpc) is 2.83. The lowest BCUT2D eigenvalue weighted by Gasteiger charge is -2.40. The number of hydrogen-bond donors (Lipinski definition) is 2. The highest BCUT2D eigenvalue weighted by atomic mass is 127. The summed E-state index contributed by atoms with van der Waals surface area (Å²) in [6, 6.07) is 0. The van der Waals surface area contributed by atoms with Gasteiger partial charge in [0.1, 0.15) is 0 Å². The molecule has 1 heterocycles. The van der Waals surface area contributed by atoms with Gasteiger partial charge < -0.3 is 15.2 Å². The van der Waals surface area contributed by atoms with Gasteiger partial charge in [0.2, 0.25) is 5.89 Å². The number of halogens is 1. The molecule has 0 bridgehead atoms. The van der Waals surface area contributed by atoms with Gasteiger partial charge in [-0.3, -0.25) is 4.99 Å². The van der Waals surface area contributed by atoms with E-state index in [0.717, 1.165) is 25.6 Å². The first-order valence-electron chi connectivity index (χ1n) is 7.99. The fraction of sp³-hybridized carbons (Fsp3) is 0.800. The van der Waals surface area contributed by atoms with Crippen molar-refractivity contribution in [3.8, 4) is 0 Å². The van der Waals surface area contributed by atoms with Gasteiger partial charge in [0, 0.05) is 26.1 Å². The van der Waals surface area contributed by atoms with Gasteiger partial charge in [-0.2, -0.15) is 4.98 Å². The number of nitrogens with one attached hydrogen (secondary N) is 2. The molecule has 22 heavy (non-hydrogen) atoms. The summed E-state index contributed by atoms with van der Waals surface area (Å²) in [4.78, 5) is 8.94. The molecule has 1 aromatic heterocycles. The summed E-state index contributed by atoms with van der Waals surface area (Å²) < 4.78 is 5.10. The summed E-state index contributed by atoms with van der Waals surface area (Å²) in [6.45, 7) is 8.70. The van der Waals surface area contributed by atoms with Gasteiger partial charge in [0.15, 0.2) is 11.8 Å². The molecular weight excluding hydrogens is 393 g/mol. The molecule has 1 aliphatic rings. The first kappa shape index (κ1) is 19.2. The second-order valence-electron chi connectivity index (χ2n) is 5.81. The number of rotatable bonds is 7. The molecule has 0 aromatic carbocycles. The van der Waals surface area contributed by atoms with Crippen molar-refractivity contribution in [1.29, 1.82) is 0 Å². The molecule has 0 amide bonds. The highest BCUT2D eigenvalue weighted by Crippen LogP contribution is 2.43. The molecular formula is C15H28IN5O. The Balaban J connectivity index is 0.00000242. The van der Waals surface area contributed by atoms with E-state index in [0.29, 0.717) is 23.6 Å². The Bertz CT molecular complexity index is 465. The first-order chi connectivity index (χ1) is 10.2. The maximum absolute atomic E-state index is 5.10. The van der Waals surface area contributed by atoms with E-state index in [-0.39, 0.29) is 24.0 Å². The van der Waals surface area contributed by atoms with E-state index in [1.54, 1.807) is 0 Å². The van der Waals surface area contributed by atoms with Crippen molar-refractivity contribution in [2.75, 3.05) is 19.6 Å². The molecule has 0 atom stereocenters. The molecule has 126 valence electrons. The van der Waals surface area contributed by atoms with Gasteiger partial charge in [0.25, 0.3) is 0 Å². The number of nitrogens with zero attached hydrogens (tertiary/aromatic N) is 3. The Kier molecular flexibility index (Phi) is 8.13. The Morgan fingerprint density at radius 2 is 2.09 bits per heavy atom. The van der Waals surface area contributed by atoms with Crippen LogP contribution >= 0.6 is 24.0 Å². The summed E-state index contributed by atoms with van der Waals surface area (Å²) >= 11 is 0. The summed E-state index contributed by atoms with van der Waals surface area (Å²) in [5, 5.41) is 10.4. The monoisotopic (exact) mass is 421 g/mol. The largest absolute Gasteiger partial charge is 0.357 e. The molecule has 2 N–H and O–H groups in total. The SMILES string of the molecule is CCNC(=NCC1(CC)CCC1)NCCc1nc(C)no1.I. The quantitative estimate of drug-likeness (QED) is 0.402. The Morgan fingerprint density at radius 1 is 1.32 bits per heavy atom. The highest BCUT2D eigenvalue weighted by Gasteiger charge is 2.34. The molecule has 0 radical (unpaired) electrons. The van der Waals surface area contributed by atoms with Crippen molar-refractivity contribution in [3.05, 3.63) is 11.7 Å². The van der Waals surface area contributed by atoms with Gasteiger partial charge in [-0.1, -0.05) is 18.5 Å². The molecule has 0 saturated heterocycles. The summed E-state index contributed by atoms with van der Waals surface area (Å²) in [5.41, 5.74) is 0.450. The fourth-order valence-corrected chi connectivity index (χ4v) is 2.62. The lowest BCUT2D eigenvalue weighted by Crippen LogP contribution is -2.40. The summed E-state index contributed by atoms with van der Waals surface area (Å²) in [6.07, 6.45) is 5.91.